The van der Waals surface area contributed by atoms with Gasteiger partial charge in [-0.2, -0.15) is 13.2 Å². The number of nitrogens with two attached hydrogens (primary N) is 1. The monoisotopic (exact) mass is 304 g/mol. The lowest BCUT2D eigenvalue weighted by atomic mass is 10.00. The lowest BCUT2D eigenvalue weighted by Gasteiger charge is -2.26. The van der Waals surface area contributed by atoms with Crippen LogP contribution >= 0.6 is 0 Å². The van der Waals surface area contributed by atoms with E-state index in [2.05, 4.69) is 0 Å². The smallest absolute Gasteiger partial charge is 0.415 e. The maximum atomic E-state index is 12.7. The second-order valence-electron chi connectivity index (χ2n) is 4.93. The number of amides is 1. The van der Waals surface area contributed by atoms with Gasteiger partial charge in [0.25, 0.3) is 5.91 Å². The molecule has 0 heterocycles. The van der Waals surface area contributed by atoms with Crippen molar-refractivity contribution in [3.05, 3.63) is 28.8 Å². The summed E-state index contributed by atoms with van der Waals surface area (Å²) in [6.45, 7) is 3.69. The Kier molecular flexibility index (Phi) is 4.33. The largest absolute Gasteiger partial charge is 0.478 e. The quantitative estimate of drug-likeness (QED) is 0.798. The second kappa shape index (κ2) is 5.36. The molecule has 0 aliphatic carbocycles. The van der Waals surface area contributed by atoms with Gasteiger partial charge in [-0.15, -0.1) is 0 Å². The zero-order chi connectivity index (χ0) is 16.6. The van der Waals surface area contributed by atoms with Gasteiger partial charge in [0.05, 0.1) is 5.56 Å². The Morgan fingerprint density at radius 1 is 1.24 bits per heavy atom. The highest BCUT2D eigenvalue weighted by Gasteiger charge is 2.54. The van der Waals surface area contributed by atoms with E-state index in [1.54, 1.807) is 13.8 Å². The molecule has 0 aliphatic rings. The van der Waals surface area contributed by atoms with Crippen LogP contribution in [0.1, 0.15) is 28.4 Å². The first-order chi connectivity index (χ1) is 9.37. The summed E-state index contributed by atoms with van der Waals surface area (Å²) in [5.41, 5.74) is 2.76. The van der Waals surface area contributed by atoms with Crippen molar-refractivity contribution in [2.75, 3.05) is 5.32 Å². The number of rotatable bonds is 3. The van der Waals surface area contributed by atoms with E-state index in [0.29, 0.717) is 18.1 Å². The fourth-order valence-electron chi connectivity index (χ4n) is 1.54. The summed E-state index contributed by atoms with van der Waals surface area (Å²) < 4.78 is 38.0. The van der Waals surface area contributed by atoms with Crippen LogP contribution in [0.25, 0.3) is 0 Å². The molecule has 8 heteroatoms. The average molecular weight is 304 g/mol. The molecule has 21 heavy (non-hydrogen) atoms. The van der Waals surface area contributed by atoms with Crippen molar-refractivity contribution in [2.24, 2.45) is 5.73 Å². The normalized spacial score (nSPS) is 14.4. The number of hydrogen-bond donors (Lipinski definition) is 3. The summed E-state index contributed by atoms with van der Waals surface area (Å²) in [5.74, 6) is -2.70. The molecule has 0 aliphatic heterocycles. The van der Waals surface area contributed by atoms with Gasteiger partial charge < -0.3 is 16.2 Å². The number of anilines is 1. The molecular weight excluding hydrogens is 289 g/mol. The molecule has 0 saturated carbocycles. The Labute approximate surface area is 118 Å². The van der Waals surface area contributed by atoms with Crippen LogP contribution in [0.15, 0.2) is 12.1 Å². The summed E-state index contributed by atoms with van der Waals surface area (Å²) in [6.07, 6.45) is -4.92. The minimum Gasteiger partial charge on any atom is -0.478 e. The van der Waals surface area contributed by atoms with Crippen molar-refractivity contribution in [1.82, 2.24) is 0 Å². The summed E-state index contributed by atoms with van der Waals surface area (Å²) in [4.78, 5) is 22.7. The maximum absolute atomic E-state index is 12.7. The summed E-state index contributed by atoms with van der Waals surface area (Å²) in [7, 11) is 0. The minimum atomic E-state index is -4.92. The first-order valence-corrected chi connectivity index (χ1v) is 5.89. The third-order valence-corrected chi connectivity index (χ3v) is 3.22. The Balaban J connectivity index is 3.15. The van der Waals surface area contributed by atoms with Gasteiger partial charge in [-0.1, -0.05) is 0 Å². The molecule has 0 spiro atoms. The molecule has 1 aromatic carbocycles. The van der Waals surface area contributed by atoms with Gasteiger partial charge >= 0.3 is 12.1 Å². The molecule has 4 N–H and O–H groups in total. The van der Waals surface area contributed by atoms with Gasteiger partial charge in [0.1, 0.15) is 0 Å². The molecule has 116 valence electrons. The van der Waals surface area contributed by atoms with Gasteiger partial charge in [-0.25, -0.2) is 4.79 Å². The third-order valence-electron chi connectivity index (χ3n) is 3.22. The van der Waals surface area contributed by atoms with E-state index >= 15 is 0 Å². The highest BCUT2D eigenvalue weighted by Crippen LogP contribution is 2.29. The van der Waals surface area contributed by atoms with Crippen LogP contribution in [-0.2, 0) is 4.79 Å². The average Bonchev–Trinajstić information content (AvgIpc) is 2.31. The zero-order valence-electron chi connectivity index (χ0n) is 11.6. The second-order valence-corrected chi connectivity index (χ2v) is 4.93. The number of nitrogens with one attached hydrogen (secondary N) is 1. The number of benzene rings is 1. The highest BCUT2D eigenvalue weighted by atomic mass is 19.4. The van der Waals surface area contributed by atoms with Crippen molar-refractivity contribution < 1.29 is 27.9 Å². The van der Waals surface area contributed by atoms with E-state index in [4.69, 9.17) is 10.8 Å². The highest BCUT2D eigenvalue weighted by molar-refractivity contribution is 6.00. The topological polar surface area (TPSA) is 92.4 Å². The van der Waals surface area contributed by atoms with Gasteiger partial charge in [0, 0.05) is 5.69 Å². The molecule has 0 saturated heterocycles. The Hall–Kier alpha value is -2.09. The fraction of sp³-hybridized carbons (Fsp3) is 0.385. The van der Waals surface area contributed by atoms with Crippen LogP contribution in [0.3, 0.4) is 0 Å². The van der Waals surface area contributed by atoms with E-state index in [1.165, 1.54) is 6.07 Å². The predicted molar refractivity (Wildman–Crippen MR) is 70.2 cm³/mol. The number of carbonyl (C=O) groups excluding carboxylic acids is 1. The Morgan fingerprint density at radius 2 is 1.76 bits per heavy atom. The van der Waals surface area contributed by atoms with Crippen LogP contribution < -0.4 is 11.1 Å². The van der Waals surface area contributed by atoms with Gasteiger partial charge in [-0.05, 0) is 44.0 Å². The standard InChI is InChI=1S/C13H15F3N2O3/c1-6-4-8(5-9(7(6)2)10(19)20)18-11(21)12(3,17)13(14,15)16/h4-5H,17H2,1-3H3,(H,18,21)(H,19,20). The lowest BCUT2D eigenvalue weighted by molar-refractivity contribution is -0.184. The number of carboxylic acids is 1. The number of alkyl halides is 3. The molecule has 0 fully saturated rings. The Bertz CT molecular complexity index is 595. The van der Waals surface area contributed by atoms with Crippen molar-refractivity contribution >= 4 is 17.6 Å². The van der Waals surface area contributed by atoms with E-state index < -0.39 is 23.6 Å². The van der Waals surface area contributed by atoms with Crippen molar-refractivity contribution in [3.63, 3.8) is 0 Å². The molecule has 1 rings (SSSR count). The number of halogens is 3. The van der Waals surface area contributed by atoms with Crippen LogP contribution in [-0.4, -0.2) is 28.7 Å². The van der Waals surface area contributed by atoms with Crippen molar-refractivity contribution in [2.45, 2.75) is 32.5 Å². The van der Waals surface area contributed by atoms with Crippen molar-refractivity contribution in [3.8, 4) is 0 Å². The van der Waals surface area contributed by atoms with Gasteiger partial charge in [-0.3, -0.25) is 4.79 Å². The maximum Gasteiger partial charge on any atom is 0.415 e. The van der Waals surface area contributed by atoms with E-state index in [-0.39, 0.29) is 11.3 Å². The molecule has 0 bridgehead atoms. The number of carboxylic acid groups (broad SMARTS) is 1. The summed E-state index contributed by atoms with van der Waals surface area (Å²) in [6, 6.07) is 2.47. The van der Waals surface area contributed by atoms with E-state index in [0.717, 1.165) is 6.07 Å². The summed E-state index contributed by atoms with van der Waals surface area (Å²) >= 11 is 0. The first-order valence-electron chi connectivity index (χ1n) is 5.89. The fourth-order valence-corrected chi connectivity index (χ4v) is 1.54. The molecule has 0 radical (unpaired) electrons. The zero-order valence-corrected chi connectivity index (χ0v) is 11.6. The van der Waals surface area contributed by atoms with Crippen LogP contribution in [0, 0.1) is 13.8 Å². The molecule has 1 atom stereocenters. The van der Waals surface area contributed by atoms with Crippen LogP contribution in [0.2, 0.25) is 0 Å². The van der Waals surface area contributed by atoms with E-state index in [9.17, 15) is 22.8 Å². The number of carbonyl (C=O) groups is 2. The molecule has 1 amide bonds. The van der Waals surface area contributed by atoms with Crippen molar-refractivity contribution in [1.29, 1.82) is 0 Å². The lowest BCUT2D eigenvalue weighted by Crippen LogP contribution is -2.59. The molecule has 0 aromatic heterocycles. The SMILES string of the molecule is Cc1cc(NC(=O)C(C)(N)C(F)(F)F)cc(C(=O)O)c1C. The molecule has 1 unspecified atom stereocenters. The molecule has 1 aromatic rings. The minimum absolute atomic E-state index is 0.0542. The van der Waals surface area contributed by atoms with E-state index in [1.807, 2.05) is 5.32 Å². The van der Waals surface area contributed by atoms with Crippen LogP contribution in [0.5, 0.6) is 0 Å². The predicted octanol–water partition coefficient (Wildman–Crippen LogP) is 2.22. The summed E-state index contributed by atoms with van der Waals surface area (Å²) in [5, 5.41) is 11.0. The van der Waals surface area contributed by atoms with Gasteiger partial charge in [0.15, 0.2) is 5.54 Å². The number of aromatic carboxylic acids is 1. The molecular formula is C13H15F3N2O3. The Morgan fingerprint density at radius 3 is 2.19 bits per heavy atom. The number of aryl methyl sites for hydroxylation is 1. The third kappa shape index (κ3) is 3.33. The first kappa shape index (κ1) is 17.0. The number of hydrogen-bond acceptors (Lipinski definition) is 3. The van der Waals surface area contributed by atoms with Gasteiger partial charge in [0.2, 0.25) is 0 Å². The van der Waals surface area contributed by atoms with Crippen LogP contribution in [0.4, 0.5) is 18.9 Å². The molecule has 5 nitrogen and oxygen atoms in total.